The second-order valence-corrected chi connectivity index (χ2v) is 3.73. The largest absolute Gasteiger partial charge is 0.282 e. The molecule has 13 heavy (non-hydrogen) atoms. The third-order valence-electron chi connectivity index (χ3n) is 2.58. The van der Waals surface area contributed by atoms with E-state index in [-0.39, 0.29) is 0 Å². The van der Waals surface area contributed by atoms with Crippen molar-refractivity contribution in [2.45, 2.75) is 52.4 Å². The molecule has 1 N–H and O–H groups in total. The van der Waals surface area contributed by atoms with E-state index in [1.807, 2.05) is 0 Å². The summed E-state index contributed by atoms with van der Waals surface area (Å²) in [5.74, 6) is 0.614. The van der Waals surface area contributed by atoms with E-state index in [2.05, 4.69) is 37.0 Å². The normalized spacial score (nSPS) is 13.2. The Morgan fingerprint density at radius 1 is 1.46 bits per heavy atom. The fourth-order valence-electron chi connectivity index (χ4n) is 1.34. The Balaban J connectivity index is 2.53. The minimum atomic E-state index is 0.614. The van der Waals surface area contributed by atoms with Crippen LogP contribution in [-0.2, 0) is 6.42 Å². The van der Waals surface area contributed by atoms with Crippen molar-refractivity contribution >= 4 is 0 Å². The summed E-state index contributed by atoms with van der Waals surface area (Å²) in [7, 11) is 0. The lowest BCUT2D eigenvalue weighted by molar-refractivity contribution is 0.702. The Kier molecular flexibility index (Phi) is 4.00. The summed E-state index contributed by atoms with van der Waals surface area (Å²) in [6, 6.07) is 2.21. The molecule has 1 aromatic rings. The van der Waals surface area contributed by atoms with Crippen molar-refractivity contribution in [3.8, 4) is 0 Å². The third kappa shape index (κ3) is 2.87. The van der Waals surface area contributed by atoms with Gasteiger partial charge in [0.25, 0.3) is 0 Å². The quantitative estimate of drug-likeness (QED) is 0.740. The summed E-state index contributed by atoms with van der Waals surface area (Å²) in [5.41, 5.74) is 2.51. The van der Waals surface area contributed by atoms with E-state index in [1.165, 1.54) is 30.7 Å². The minimum absolute atomic E-state index is 0.614. The molecule has 1 heterocycles. The maximum atomic E-state index is 4.30. The Morgan fingerprint density at radius 3 is 2.85 bits per heavy atom. The molecule has 0 spiro atoms. The number of unbranched alkanes of at least 4 members (excludes halogenated alkanes) is 1. The molecule has 2 nitrogen and oxygen atoms in total. The van der Waals surface area contributed by atoms with Gasteiger partial charge in [0, 0.05) is 5.69 Å². The summed E-state index contributed by atoms with van der Waals surface area (Å²) >= 11 is 0. The number of hydrogen-bond acceptors (Lipinski definition) is 1. The second-order valence-electron chi connectivity index (χ2n) is 3.73. The van der Waals surface area contributed by atoms with Gasteiger partial charge in [-0.25, -0.2) is 0 Å². The number of aromatic nitrogens is 2. The van der Waals surface area contributed by atoms with Crippen LogP contribution in [0, 0.1) is 0 Å². The van der Waals surface area contributed by atoms with E-state index in [1.54, 1.807) is 0 Å². The monoisotopic (exact) mass is 180 g/mol. The zero-order valence-corrected chi connectivity index (χ0v) is 8.93. The highest BCUT2D eigenvalue weighted by molar-refractivity contribution is 5.12. The lowest BCUT2D eigenvalue weighted by Gasteiger charge is -2.02. The summed E-state index contributed by atoms with van der Waals surface area (Å²) < 4.78 is 0. The van der Waals surface area contributed by atoms with E-state index in [9.17, 15) is 0 Å². The molecule has 0 radical (unpaired) electrons. The van der Waals surface area contributed by atoms with Gasteiger partial charge in [0.1, 0.15) is 0 Å². The van der Waals surface area contributed by atoms with Gasteiger partial charge in [0.2, 0.25) is 0 Å². The van der Waals surface area contributed by atoms with Gasteiger partial charge in [-0.15, -0.1) is 0 Å². The van der Waals surface area contributed by atoms with Crippen molar-refractivity contribution in [3.05, 3.63) is 17.5 Å². The highest BCUT2D eigenvalue weighted by Gasteiger charge is 2.06. The van der Waals surface area contributed by atoms with Crippen molar-refractivity contribution in [3.63, 3.8) is 0 Å². The zero-order valence-electron chi connectivity index (χ0n) is 8.93. The van der Waals surface area contributed by atoms with Crippen LogP contribution in [0.25, 0.3) is 0 Å². The van der Waals surface area contributed by atoms with E-state index in [4.69, 9.17) is 0 Å². The first-order chi connectivity index (χ1) is 6.27. The number of rotatable bonds is 5. The highest BCUT2D eigenvalue weighted by Crippen LogP contribution is 2.17. The Hall–Kier alpha value is -0.790. The van der Waals surface area contributed by atoms with Crippen LogP contribution in [0.2, 0.25) is 0 Å². The zero-order chi connectivity index (χ0) is 9.68. The molecular weight excluding hydrogens is 160 g/mol. The molecule has 0 aromatic carbocycles. The van der Waals surface area contributed by atoms with E-state index < -0.39 is 0 Å². The van der Waals surface area contributed by atoms with Gasteiger partial charge in [-0.2, -0.15) is 5.10 Å². The van der Waals surface area contributed by atoms with E-state index >= 15 is 0 Å². The molecular formula is C11H20N2. The number of nitrogens with zero attached hydrogens (tertiary/aromatic N) is 1. The molecule has 0 saturated carbocycles. The van der Waals surface area contributed by atoms with Crippen molar-refractivity contribution < 1.29 is 0 Å². The summed E-state index contributed by atoms with van der Waals surface area (Å²) in [4.78, 5) is 0. The predicted octanol–water partition coefficient (Wildman–Crippen LogP) is 3.27. The van der Waals surface area contributed by atoms with Crippen molar-refractivity contribution in [1.29, 1.82) is 0 Å². The smallest absolute Gasteiger partial charge is 0.0625 e. The van der Waals surface area contributed by atoms with Crippen LogP contribution in [0.1, 0.15) is 57.3 Å². The Morgan fingerprint density at radius 2 is 2.23 bits per heavy atom. The predicted molar refractivity (Wildman–Crippen MR) is 55.9 cm³/mol. The number of aryl methyl sites for hydroxylation is 1. The molecule has 1 rings (SSSR count). The highest BCUT2D eigenvalue weighted by atomic mass is 15.1. The molecule has 74 valence electrons. The van der Waals surface area contributed by atoms with Gasteiger partial charge >= 0.3 is 0 Å². The topological polar surface area (TPSA) is 28.7 Å². The SMILES string of the molecule is CCCCc1cc(C(C)CC)[nH]n1. The molecule has 1 unspecified atom stereocenters. The van der Waals surface area contributed by atoms with Crippen LogP contribution in [0.5, 0.6) is 0 Å². The molecule has 1 atom stereocenters. The van der Waals surface area contributed by atoms with Gasteiger partial charge in [-0.05, 0) is 31.2 Å². The Labute approximate surface area is 80.7 Å². The van der Waals surface area contributed by atoms with Gasteiger partial charge in [0.15, 0.2) is 0 Å². The van der Waals surface area contributed by atoms with Crippen LogP contribution < -0.4 is 0 Å². The fraction of sp³-hybridized carbons (Fsp3) is 0.727. The molecule has 0 bridgehead atoms. The van der Waals surface area contributed by atoms with Gasteiger partial charge in [-0.1, -0.05) is 27.2 Å². The average molecular weight is 180 g/mol. The standard InChI is InChI=1S/C11H20N2/c1-4-6-7-10-8-11(13-12-10)9(3)5-2/h8-9H,4-7H2,1-3H3,(H,12,13). The number of hydrogen-bond donors (Lipinski definition) is 1. The lowest BCUT2D eigenvalue weighted by atomic mass is 10.0. The van der Waals surface area contributed by atoms with E-state index in [0.717, 1.165) is 6.42 Å². The van der Waals surface area contributed by atoms with Crippen LogP contribution in [0.15, 0.2) is 6.07 Å². The number of aromatic amines is 1. The van der Waals surface area contributed by atoms with Gasteiger partial charge in [0.05, 0.1) is 5.69 Å². The molecule has 2 heteroatoms. The first-order valence-electron chi connectivity index (χ1n) is 5.32. The molecule has 0 aliphatic rings. The van der Waals surface area contributed by atoms with Crippen LogP contribution >= 0.6 is 0 Å². The van der Waals surface area contributed by atoms with Gasteiger partial charge in [-0.3, -0.25) is 5.10 Å². The Bertz CT molecular complexity index is 240. The van der Waals surface area contributed by atoms with Crippen molar-refractivity contribution in [1.82, 2.24) is 10.2 Å². The van der Waals surface area contributed by atoms with Crippen LogP contribution in [0.4, 0.5) is 0 Å². The minimum Gasteiger partial charge on any atom is -0.282 e. The molecule has 0 aliphatic carbocycles. The molecule has 0 saturated heterocycles. The summed E-state index contributed by atoms with van der Waals surface area (Å²) in [6.45, 7) is 6.65. The number of H-pyrrole nitrogens is 1. The van der Waals surface area contributed by atoms with Crippen LogP contribution in [0.3, 0.4) is 0 Å². The first-order valence-corrected chi connectivity index (χ1v) is 5.32. The van der Waals surface area contributed by atoms with E-state index in [0.29, 0.717) is 5.92 Å². The molecule has 0 fully saturated rings. The summed E-state index contributed by atoms with van der Waals surface area (Å²) in [5, 5.41) is 7.41. The maximum Gasteiger partial charge on any atom is 0.0625 e. The first kappa shape index (κ1) is 10.3. The van der Waals surface area contributed by atoms with Crippen molar-refractivity contribution in [2.75, 3.05) is 0 Å². The van der Waals surface area contributed by atoms with Crippen LogP contribution in [-0.4, -0.2) is 10.2 Å². The molecule has 1 aromatic heterocycles. The number of nitrogens with one attached hydrogen (secondary N) is 1. The average Bonchev–Trinajstić information content (AvgIpc) is 2.62. The second kappa shape index (κ2) is 5.05. The maximum absolute atomic E-state index is 4.30. The molecule has 0 aliphatic heterocycles. The fourth-order valence-corrected chi connectivity index (χ4v) is 1.34. The third-order valence-corrected chi connectivity index (χ3v) is 2.58. The van der Waals surface area contributed by atoms with Crippen molar-refractivity contribution in [2.24, 2.45) is 0 Å². The molecule has 0 amide bonds. The lowest BCUT2D eigenvalue weighted by Crippen LogP contribution is -1.90. The summed E-state index contributed by atoms with van der Waals surface area (Å²) in [6.07, 6.45) is 4.77. The van der Waals surface area contributed by atoms with Gasteiger partial charge < -0.3 is 0 Å².